The molecule has 1 heterocycles. The van der Waals surface area contributed by atoms with Gasteiger partial charge in [0.25, 0.3) is 8.32 Å². The van der Waals surface area contributed by atoms with Gasteiger partial charge < -0.3 is 13.9 Å². The molecule has 2 aromatic carbocycles. The first-order valence-electron chi connectivity index (χ1n) is 10.8. The summed E-state index contributed by atoms with van der Waals surface area (Å²) in [6.07, 6.45) is 1.75. The number of hydrogen-bond donors (Lipinski definition) is 0. The Balaban J connectivity index is 2.02. The third kappa shape index (κ3) is 4.47. The third-order valence-corrected chi connectivity index (χ3v) is 11.1. The Morgan fingerprint density at radius 3 is 1.90 bits per heavy atom. The topological polar surface area (TPSA) is 27.7 Å². The van der Waals surface area contributed by atoms with Crippen LogP contribution in [0, 0.1) is 5.92 Å². The van der Waals surface area contributed by atoms with Crippen molar-refractivity contribution in [3.63, 3.8) is 0 Å². The minimum atomic E-state index is -2.59. The van der Waals surface area contributed by atoms with Gasteiger partial charge in [-0.05, 0) is 29.3 Å². The lowest BCUT2D eigenvalue weighted by molar-refractivity contribution is -0.312. The summed E-state index contributed by atoms with van der Waals surface area (Å²) in [6.45, 7) is 17.5. The molecular formula is C26H36O3Si. The molecule has 1 aliphatic heterocycles. The van der Waals surface area contributed by atoms with E-state index in [1.165, 1.54) is 10.4 Å². The van der Waals surface area contributed by atoms with E-state index < -0.39 is 14.1 Å². The van der Waals surface area contributed by atoms with Crippen LogP contribution in [0.5, 0.6) is 0 Å². The predicted molar refractivity (Wildman–Crippen MR) is 127 cm³/mol. The maximum absolute atomic E-state index is 7.09. The van der Waals surface area contributed by atoms with Crippen molar-refractivity contribution in [3.8, 4) is 0 Å². The molecule has 4 heteroatoms. The summed E-state index contributed by atoms with van der Waals surface area (Å²) in [7, 11) is -2.59. The highest BCUT2D eigenvalue weighted by Crippen LogP contribution is 2.38. The van der Waals surface area contributed by atoms with Crippen LogP contribution in [-0.2, 0) is 13.9 Å². The largest absolute Gasteiger partial charge is 0.405 e. The summed E-state index contributed by atoms with van der Waals surface area (Å²) in [5, 5.41) is 2.50. The summed E-state index contributed by atoms with van der Waals surface area (Å²) in [5.41, 5.74) is 0. The molecule has 0 saturated carbocycles. The van der Waals surface area contributed by atoms with Crippen LogP contribution in [0.1, 0.15) is 41.5 Å². The van der Waals surface area contributed by atoms with E-state index in [0.29, 0.717) is 6.61 Å². The molecule has 0 aliphatic carbocycles. The van der Waals surface area contributed by atoms with Gasteiger partial charge in [-0.3, -0.25) is 0 Å². The molecule has 0 radical (unpaired) electrons. The van der Waals surface area contributed by atoms with Gasteiger partial charge in [-0.25, -0.2) is 0 Å². The predicted octanol–water partition coefficient (Wildman–Crippen LogP) is 4.91. The van der Waals surface area contributed by atoms with Crippen LogP contribution in [0.3, 0.4) is 0 Å². The van der Waals surface area contributed by atoms with E-state index in [4.69, 9.17) is 13.9 Å². The molecule has 0 bridgehead atoms. The highest BCUT2D eigenvalue weighted by molar-refractivity contribution is 6.99. The van der Waals surface area contributed by atoms with E-state index in [9.17, 15) is 0 Å². The molecule has 162 valence electrons. The van der Waals surface area contributed by atoms with Gasteiger partial charge in [0.05, 0.1) is 18.8 Å². The molecule has 3 rings (SSSR count). The number of hydrogen-bond acceptors (Lipinski definition) is 3. The Labute approximate surface area is 183 Å². The summed E-state index contributed by atoms with van der Waals surface area (Å²) in [4.78, 5) is 0. The van der Waals surface area contributed by atoms with Crippen molar-refractivity contribution in [2.75, 3.05) is 6.61 Å². The van der Waals surface area contributed by atoms with E-state index >= 15 is 0 Å². The van der Waals surface area contributed by atoms with Gasteiger partial charge in [0.15, 0.2) is 5.79 Å². The van der Waals surface area contributed by atoms with E-state index in [1.54, 1.807) is 0 Å². The molecule has 1 fully saturated rings. The van der Waals surface area contributed by atoms with E-state index in [1.807, 2.05) is 19.9 Å². The maximum atomic E-state index is 7.09. The van der Waals surface area contributed by atoms with E-state index in [-0.39, 0.29) is 23.2 Å². The lowest BCUT2D eigenvalue weighted by Gasteiger charge is -2.47. The van der Waals surface area contributed by atoms with Gasteiger partial charge in [0.1, 0.15) is 0 Å². The Hall–Kier alpha value is -1.72. The summed E-state index contributed by atoms with van der Waals surface area (Å²) >= 11 is 0. The molecule has 1 saturated heterocycles. The zero-order valence-corrected chi connectivity index (χ0v) is 20.2. The highest BCUT2D eigenvalue weighted by atomic mass is 28.4. The molecule has 0 spiro atoms. The SMILES string of the molecule is C=C[C@@H]1OC(C)(C)O[C@H](CO[Si](c2ccccc2)(c2ccccc2)C(C)(C)C)[C@@H]1C. The smallest absolute Gasteiger partial charge is 0.261 e. The average molecular weight is 425 g/mol. The van der Waals surface area contributed by atoms with Crippen molar-refractivity contribution >= 4 is 18.7 Å². The fraction of sp³-hybridized carbons (Fsp3) is 0.462. The first-order valence-corrected chi connectivity index (χ1v) is 12.7. The summed E-state index contributed by atoms with van der Waals surface area (Å²) in [5.74, 6) is -0.501. The Bertz CT molecular complexity index is 787. The fourth-order valence-corrected chi connectivity index (χ4v) is 9.13. The van der Waals surface area contributed by atoms with Crippen LogP contribution in [0.25, 0.3) is 0 Å². The minimum absolute atomic E-state index is 0.0542. The van der Waals surface area contributed by atoms with Crippen LogP contribution >= 0.6 is 0 Å². The average Bonchev–Trinajstić information content (AvgIpc) is 2.71. The standard InChI is InChI=1S/C26H36O3Si/c1-8-23-20(2)24(29-26(6,7)28-23)19-27-30(25(3,4)5,21-15-11-9-12-16-21)22-17-13-10-14-18-22/h8-18,20,23-24H,1,19H2,2-7H3/t20-,23+,24-/m1/s1. The second kappa shape index (κ2) is 8.79. The lowest BCUT2D eigenvalue weighted by Crippen LogP contribution is -2.67. The molecular weight excluding hydrogens is 388 g/mol. The quantitative estimate of drug-likeness (QED) is 0.487. The first-order chi connectivity index (χ1) is 14.1. The number of benzene rings is 2. The van der Waals surface area contributed by atoms with Gasteiger partial charge in [0, 0.05) is 5.92 Å². The van der Waals surface area contributed by atoms with Crippen molar-refractivity contribution in [2.24, 2.45) is 5.92 Å². The molecule has 1 aliphatic rings. The number of ether oxygens (including phenoxy) is 2. The second-order valence-electron chi connectivity index (χ2n) is 9.71. The zero-order chi connectivity index (χ0) is 22.0. The molecule has 30 heavy (non-hydrogen) atoms. The normalized spacial score (nSPS) is 24.4. The highest BCUT2D eigenvalue weighted by Gasteiger charge is 2.51. The van der Waals surface area contributed by atoms with Gasteiger partial charge in [-0.1, -0.05) is 94.4 Å². The van der Waals surface area contributed by atoms with Gasteiger partial charge in [0.2, 0.25) is 0 Å². The molecule has 3 atom stereocenters. The zero-order valence-electron chi connectivity index (χ0n) is 19.2. The van der Waals surface area contributed by atoms with Gasteiger partial charge in [-0.15, -0.1) is 6.58 Å². The van der Waals surface area contributed by atoms with E-state index in [2.05, 4.69) is 94.9 Å². The monoisotopic (exact) mass is 424 g/mol. The molecule has 3 nitrogen and oxygen atoms in total. The molecule has 0 amide bonds. The van der Waals surface area contributed by atoms with Gasteiger partial charge in [-0.2, -0.15) is 0 Å². The van der Waals surface area contributed by atoms with Crippen molar-refractivity contribution in [1.29, 1.82) is 0 Å². The van der Waals surface area contributed by atoms with Gasteiger partial charge >= 0.3 is 0 Å². The van der Waals surface area contributed by atoms with Crippen LogP contribution in [-0.4, -0.2) is 32.9 Å². The number of rotatable bonds is 6. The van der Waals surface area contributed by atoms with Crippen molar-refractivity contribution in [1.82, 2.24) is 0 Å². The third-order valence-electron chi connectivity index (χ3n) is 6.07. The summed E-state index contributed by atoms with van der Waals surface area (Å²) in [6, 6.07) is 21.4. The molecule has 0 N–H and O–H groups in total. The first kappa shape index (κ1) is 23.0. The minimum Gasteiger partial charge on any atom is -0.405 e. The van der Waals surface area contributed by atoms with Crippen molar-refractivity contribution in [3.05, 3.63) is 73.3 Å². The van der Waals surface area contributed by atoms with Crippen LogP contribution < -0.4 is 10.4 Å². The molecule has 0 aromatic heterocycles. The van der Waals surface area contributed by atoms with E-state index in [0.717, 1.165) is 0 Å². The van der Waals surface area contributed by atoms with Crippen LogP contribution in [0.15, 0.2) is 73.3 Å². The van der Waals surface area contributed by atoms with Crippen molar-refractivity contribution < 1.29 is 13.9 Å². The summed E-state index contributed by atoms with van der Waals surface area (Å²) < 4.78 is 19.5. The molecule has 0 unspecified atom stereocenters. The Kier molecular flexibility index (Phi) is 6.73. The second-order valence-corrected chi connectivity index (χ2v) is 14.0. The van der Waals surface area contributed by atoms with Crippen molar-refractivity contribution in [2.45, 2.75) is 64.6 Å². The Morgan fingerprint density at radius 1 is 0.967 bits per heavy atom. The van der Waals surface area contributed by atoms with Crippen LogP contribution in [0.2, 0.25) is 5.04 Å². The fourth-order valence-electron chi connectivity index (χ4n) is 4.56. The lowest BCUT2D eigenvalue weighted by atomic mass is 9.96. The Morgan fingerprint density at radius 2 is 1.47 bits per heavy atom. The van der Waals surface area contributed by atoms with Crippen LogP contribution in [0.4, 0.5) is 0 Å². The molecule has 2 aromatic rings. The maximum Gasteiger partial charge on any atom is 0.261 e.